The van der Waals surface area contributed by atoms with Crippen LogP contribution >= 0.6 is 0 Å². The summed E-state index contributed by atoms with van der Waals surface area (Å²) in [5.74, 6) is 7.31. The van der Waals surface area contributed by atoms with Crippen LogP contribution in [0.15, 0.2) is 66.7 Å². The smallest absolute Gasteiger partial charge is 0.165 e. The Morgan fingerprint density at radius 1 is 0.969 bits per heavy atom. The van der Waals surface area contributed by atoms with E-state index in [1.165, 1.54) is 24.0 Å². The molecule has 3 aromatic rings. The second-order valence-corrected chi connectivity index (χ2v) is 8.68. The highest BCUT2D eigenvalue weighted by atomic mass is 15.3. The van der Waals surface area contributed by atoms with Crippen molar-refractivity contribution in [3.8, 4) is 0 Å². The standard InChI is InChI=1S/C26H34N6/c27-24-18-23(25(28)26(30-24)31-29)22(21-10-5-2-6-11-21)12-7-15-32-16-13-20(14-17-32)19-8-3-1-4-9-19/h1-6,8-11,18,20,22H,7,12-17,28-29H2,(H3,27,30,31). The summed E-state index contributed by atoms with van der Waals surface area (Å²) in [6.07, 6.45) is 4.53. The molecule has 0 amide bonds. The number of nitrogens with two attached hydrogens (primary N) is 3. The van der Waals surface area contributed by atoms with Crippen LogP contribution in [-0.4, -0.2) is 29.5 Å². The van der Waals surface area contributed by atoms with Crippen molar-refractivity contribution in [2.75, 3.05) is 36.5 Å². The number of hydrogen-bond donors (Lipinski definition) is 4. The first kappa shape index (κ1) is 22.1. The Morgan fingerprint density at radius 2 is 1.62 bits per heavy atom. The lowest BCUT2D eigenvalue weighted by molar-refractivity contribution is 0.208. The molecule has 2 aromatic carbocycles. The number of rotatable bonds is 8. The van der Waals surface area contributed by atoms with E-state index in [0.717, 1.165) is 38.0 Å². The molecule has 0 spiro atoms. The summed E-state index contributed by atoms with van der Waals surface area (Å²) in [7, 11) is 0. The average Bonchev–Trinajstić information content (AvgIpc) is 2.85. The Hall–Kier alpha value is -3.09. The van der Waals surface area contributed by atoms with E-state index in [2.05, 4.69) is 69.9 Å². The van der Waals surface area contributed by atoms with Crippen molar-refractivity contribution < 1.29 is 0 Å². The molecule has 1 aromatic heterocycles. The molecule has 2 heterocycles. The lowest BCUT2D eigenvalue weighted by Gasteiger charge is -2.32. The van der Waals surface area contributed by atoms with Crippen molar-refractivity contribution in [1.29, 1.82) is 0 Å². The molecule has 7 N–H and O–H groups in total. The third-order valence-electron chi connectivity index (χ3n) is 6.65. The molecule has 1 atom stereocenters. The highest BCUT2D eigenvalue weighted by molar-refractivity contribution is 5.70. The van der Waals surface area contributed by atoms with Crippen LogP contribution < -0.4 is 22.7 Å². The number of hydrazine groups is 1. The fraction of sp³-hybridized carbons (Fsp3) is 0.346. The first-order valence-corrected chi connectivity index (χ1v) is 11.5. The molecule has 6 nitrogen and oxygen atoms in total. The van der Waals surface area contributed by atoms with E-state index >= 15 is 0 Å². The van der Waals surface area contributed by atoms with Gasteiger partial charge in [0.2, 0.25) is 0 Å². The highest BCUT2D eigenvalue weighted by Crippen LogP contribution is 2.36. The van der Waals surface area contributed by atoms with Gasteiger partial charge < -0.3 is 21.8 Å². The largest absolute Gasteiger partial charge is 0.395 e. The van der Waals surface area contributed by atoms with Gasteiger partial charge >= 0.3 is 0 Å². The topological polar surface area (TPSA) is 106 Å². The van der Waals surface area contributed by atoms with Gasteiger partial charge in [0.05, 0.1) is 5.69 Å². The fourth-order valence-corrected chi connectivity index (χ4v) is 4.91. The number of benzene rings is 2. The second kappa shape index (κ2) is 10.5. The highest BCUT2D eigenvalue weighted by Gasteiger charge is 2.23. The zero-order chi connectivity index (χ0) is 22.3. The minimum absolute atomic E-state index is 0.149. The van der Waals surface area contributed by atoms with Gasteiger partial charge in [-0.05, 0) is 74.0 Å². The van der Waals surface area contributed by atoms with Crippen molar-refractivity contribution in [1.82, 2.24) is 9.88 Å². The van der Waals surface area contributed by atoms with Crippen LogP contribution in [0.3, 0.4) is 0 Å². The van der Waals surface area contributed by atoms with Gasteiger partial charge in [0.25, 0.3) is 0 Å². The van der Waals surface area contributed by atoms with Crippen molar-refractivity contribution in [2.45, 2.75) is 37.5 Å². The zero-order valence-electron chi connectivity index (χ0n) is 18.6. The Kier molecular flexibility index (Phi) is 7.24. The van der Waals surface area contributed by atoms with Crippen LogP contribution in [0.4, 0.5) is 17.3 Å². The van der Waals surface area contributed by atoms with E-state index in [1.54, 1.807) is 0 Å². The minimum Gasteiger partial charge on any atom is -0.395 e. The quantitative estimate of drug-likeness (QED) is 0.313. The fourth-order valence-electron chi connectivity index (χ4n) is 4.91. The summed E-state index contributed by atoms with van der Waals surface area (Å²) in [4.78, 5) is 6.82. The normalized spacial score (nSPS) is 16.0. The van der Waals surface area contributed by atoms with E-state index in [0.29, 0.717) is 23.2 Å². The van der Waals surface area contributed by atoms with Gasteiger partial charge in [-0.15, -0.1) is 0 Å². The molecule has 4 rings (SSSR count). The Bertz CT molecular complexity index is 984. The molecule has 0 radical (unpaired) electrons. The molecule has 0 saturated carbocycles. The van der Waals surface area contributed by atoms with Gasteiger partial charge in [-0.2, -0.15) is 0 Å². The zero-order valence-corrected chi connectivity index (χ0v) is 18.6. The van der Waals surface area contributed by atoms with Gasteiger partial charge in [-0.25, -0.2) is 10.8 Å². The Balaban J connectivity index is 1.41. The summed E-state index contributed by atoms with van der Waals surface area (Å²) in [5.41, 5.74) is 19.3. The second-order valence-electron chi connectivity index (χ2n) is 8.68. The maximum atomic E-state index is 6.42. The first-order valence-electron chi connectivity index (χ1n) is 11.5. The average molecular weight is 431 g/mol. The number of likely N-dealkylation sites (tertiary alicyclic amines) is 1. The minimum atomic E-state index is 0.149. The van der Waals surface area contributed by atoms with Crippen LogP contribution in [0.25, 0.3) is 0 Å². The van der Waals surface area contributed by atoms with Gasteiger partial charge in [-0.1, -0.05) is 60.7 Å². The summed E-state index contributed by atoms with van der Waals surface area (Å²) >= 11 is 0. The lowest BCUT2D eigenvalue weighted by Crippen LogP contribution is -2.33. The van der Waals surface area contributed by atoms with E-state index < -0.39 is 0 Å². The van der Waals surface area contributed by atoms with E-state index in [9.17, 15) is 0 Å². The number of nitrogen functional groups attached to an aromatic ring is 3. The lowest BCUT2D eigenvalue weighted by atomic mass is 9.86. The number of nitrogens with one attached hydrogen (secondary N) is 1. The number of hydrogen-bond acceptors (Lipinski definition) is 6. The molecule has 168 valence electrons. The van der Waals surface area contributed by atoms with E-state index in [1.807, 2.05) is 12.1 Å². The third-order valence-corrected chi connectivity index (χ3v) is 6.65. The van der Waals surface area contributed by atoms with Crippen LogP contribution in [0.5, 0.6) is 0 Å². The maximum Gasteiger partial charge on any atom is 0.165 e. The molecule has 1 saturated heterocycles. The van der Waals surface area contributed by atoms with E-state index in [-0.39, 0.29) is 5.92 Å². The molecular formula is C26H34N6. The SMILES string of the molecule is NNc1nc(N)cc(C(CCCN2CCC(c3ccccc3)CC2)c2ccccc2)c1N. The van der Waals surface area contributed by atoms with Gasteiger partial charge in [0, 0.05) is 5.92 Å². The van der Waals surface area contributed by atoms with Crippen LogP contribution in [0.2, 0.25) is 0 Å². The van der Waals surface area contributed by atoms with Crippen molar-refractivity contribution in [3.05, 3.63) is 83.4 Å². The van der Waals surface area contributed by atoms with Crippen molar-refractivity contribution in [3.63, 3.8) is 0 Å². The number of nitrogens with zero attached hydrogens (tertiary/aromatic N) is 2. The van der Waals surface area contributed by atoms with Crippen LogP contribution in [-0.2, 0) is 0 Å². The van der Waals surface area contributed by atoms with Gasteiger partial charge in [0.15, 0.2) is 5.82 Å². The number of anilines is 3. The Morgan fingerprint density at radius 3 is 2.28 bits per heavy atom. The summed E-state index contributed by atoms with van der Waals surface area (Å²) < 4.78 is 0. The first-order chi connectivity index (χ1) is 15.7. The number of pyridine rings is 1. The van der Waals surface area contributed by atoms with Gasteiger partial charge in [-0.3, -0.25) is 0 Å². The van der Waals surface area contributed by atoms with Crippen LogP contribution in [0, 0.1) is 0 Å². The van der Waals surface area contributed by atoms with Gasteiger partial charge in [0.1, 0.15) is 5.82 Å². The molecule has 6 heteroatoms. The molecular weight excluding hydrogens is 396 g/mol. The van der Waals surface area contributed by atoms with E-state index in [4.69, 9.17) is 17.3 Å². The van der Waals surface area contributed by atoms with Crippen molar-refractivity contribution >= 4 is 17.3 Å². The summed E-state index contributed by atoms with van der Waals surface area (Å²) in [6.45, 7) is 3.40. The predicted molar refractivity (Wildman–Crippen MR) is 133 cm³/mol. The molecule has 32 heavy (non-hydrogen) atoms. The molecule has 1 aliphatic heterocycles. The molecule has 0 aliphatic carbocycles. The van der Waals surface area contributed by atoms with Crippen molar-refractivity contribution in [2.24, 2.45) is 5.84 Å². The monoisotopic (exact) mass is 430 g/mol. The molecule has 1 unspecified atom stereocenters. The third kappa shape index (κ3) is 5.21. The maximum absolute atomic E-state index is 6.42. The predicted octanol–water partition coefficient (Wildman–Crippen LogP) is 4.32. The molecule has 1 aliphatic rings. The Labute approximate surface area is 190 Å². The summed E-state index contributed by atoms with van der Waals surface area (Å²) in [6, 6.07) is 23.3. The molecule has 0 bridgehead atoms. The number of aromatic nitrogens is 1. The number of piperidine rings is 1. The van der Waals surface area contributed by atoms with Crippen LogP contribution in [0.1, 0.15) is 54.2 Å². The summed E-state index contributed by atoms with van der Waals surface area (Å²) in [5, 5.41) is 0. The molecule has 1 fully saturated rings.